The first-order chi connectivity index (χ1) is 9.51. The Morgan fingerprint density at radius 2 is 2.00 bits per heavy atom. The second-order valence-corrected chi connectivity index (χ2v) is 5.65. The molecule has 1 atom stereocenters. The summed E-state index contributed by atoms with van der Waals surface area (Å²) in [5, 5.41) is 22.4. The van der Waals surface area contributed by atoms with E-state index in [9.17, 15) is 5.11 Å². The van der Waals surface area contributed by atoms with Crippen LogP contribution in [0.1, 0.15) is 29.7 Å². The first kappa shape index (κ1) is 14.4. The van der Waals surface area contributed by atoms with E-state index in [-0.39, 0.29) is 11.8 Å². The van der Waals surface area contributed by atoms with Crippen molar-refractivity contribution in [2.75, 3.05) is 5.32 Å². The molecule has 3 nitrogen and oxygen atoms in total. The molecule has 0 bridgehead atoms. The third kappa shape index (κ3) is 3.12. The topological polar surface area (TPSA) is 56.0 Å². The summed E-state index contributed by atoms with van der Waals surface area (Å²) < 4.78 is 0.866. The van der Waals surface area contributed by atoms with Gasteiger partial charge in [-0.25, -0.2) is 0 Å². The lowest BCUT2D eigenvalue weighted by Crippen LogP contribution is -2.08. The van der Waals surface area contributed by atoms with Crippen LogP contribution in [0.3, 0.4) is 0 Å². The van der Waals surface area contributed by atoms with Crippen LogP contribution < -0.4 is 5.32 Å². The molecule has 0 aliphatic rings. The molecule has 1 unspecified atom stereocenters. The zero-order valence-electron chi connectivity index (χ0n) is 11.3. The van der Waals surface area contributed by atoms with E-state index >= 15 is 0 Å². The van der Waals surface area contributed by atoms with E-state index < -0.39 is 0 Å². The van der Waals surface area contributed by atoms with Gasteiger partial charge < -0.3 is 10.4 Å². The maximum absolute atomic E-state index is 10.00. The lowest BCUT2D eigenvalue weighted by Gasteiger charge is -2.18. The van der Waals surface area contributed by atoms with Crippen molar-refractivity contribution in [1.29, 1.82) is 5.26 Å². The van der Waals surface area contributed by atoms with Crippen molar-refractivity contribution in [3.63, 3.8) is 0 Å². The number of anilines is 1. The number of hydrogen-bond acceptors (Lipinski definition) is 3. The highest BCUT2D eigenvalue weighted by molar-refractivity contribution is 9.10. The fourth-order valence-electron chi connectivity index (χ4n) is 2.07. The Labute approximate surface area is 127 Å². The predicted molar refractivity (Wildman–Crippen MR) is 83.7 cm³/mol. The van der Waals surface area contributed by atoms with Gasteiger partial charge in [-0.1, -0.05) is 28.1 Å². The molecular formula is C16H15BrN2O. The van der Waals surface area contributed by atoms with Crippen molar-refractivity contribution in [3.8, 4) is 11.8 Å². The van der Waals surface area contributed by atoms with Gasteiger partial charge >= 0.3 is 0 Å². The number of hydrogen-bond donors (Lipinski definition) is 2. The molecule has 0 aromatic heterocycles. The zero-order chi connectivity index (χ0) is 14.7. The molecule has 102 valence electrons. The number of benzene rings is 2. The average Bonchev–Trinajstić information content (AvgIpc) is 2.40. The molecule has 4 heteroatoms. The van der Waals surface area contributed by atoms with E-state index in [4.69, 9.17) is 5.26 Å². The fourth-order valence-corrected chi connectivity index (χ4v) is 2.43. The third-order valence-electron chi connectivity index (χ3n) is 3.13. The molecule has 0 saturated heterocycles. The lowest BCUT2D eigenvalue weighted by molar-refractivity contribution is 0.465. The molecule has 0 amide bonds. The summed E-state index contributed by atoms with van der Waals surface area (Å²) in [4.78, 5) is 0. The van der Waals surface area contributed by atoms with Gasteiger partial charge in [-0.05, 0) is 43.7 Å². The van der Waals surface area contributed by atoms with Gasteiger partial charge in [0.05, 0.1) is 17.3 Å². The quantitative estimate of drug-likeness (QED) is 0.870. The van der Waals surface area contributed by atoms with E-state index in [0.717, 1.165) is 21.3 Å². The van der Waals surface area contributed by atoms with Crippen LogP contribution in [0.2, 0.25) is 0 Å². The second kappa shape index (κ2) is 5.98. The summed E-state index contributed by atoms with van der Waals surface area (Å²) in [5.74, 6) is 0.264. The van der Waals surface area contributed by atoms with E-state index in [0.29, 0.717) is 5.56 Å². The SMILES string of the molecule is Cc1ccc(C(C)Nc2ccc(Br)cc2C#N)c(O)c1. The number of phenolic OH excluding ortho intramolecular Hbond substituents is 1. The van der Waals surface area contributed by atoms with Crippen LogP contribution in [-0.2, 0) is 0 Å². The minimum Gasteiger partial charge on any atom is -0.508 e. The van der Waals surface area contributed by atoms with Gasteiger partial charge in [-0.15, -0.1) is 0 Å². The van der Waals surface area contributed by atoms with Crippen LogP contribution in [0.4, 0.5) is 5.69 Å². The number of nitriles is 1. The van der Waals surface area contributed by atoms with Crippen LogP contribution in [0, 0.1) is 18.3 Å². The molecule has 0 aliphatic carbocycles. The van der Waals surface area contributed by atoms with Gasteiger partial charge in [0, 0.05) is 10.0 Å². The van der Waals surface area contributed by atoms with E-state index in [1.54, 1.807) is 12.1 Å². The summed E-state index contributed by atoms with van der Waals surface area (Å²) in [5.41, 5.74) is 3.14. The van der Waals surface area contributed by atoms with Gasteiger partial charge in [-0.3, -0.25) is 0 Å². The Morgan fingerprint density at radius 3 is 2.65 bits per heavy atom. The number of aryl methyl sites for hydroxylation is 1. The molecule has 0 aliphatic heterocycles. The van der Waals surface area contributed by atoms with Crippen molar-refractivity contribution in [2.45, 2.75) is 19.9 Å². The van der Waals surface area contributed by atoms with E-state index in [1.165, 1.54) is 0 Å². The fraction of sp³-hybridized carbons (Fsp3) is 0.188. The van der Waals surface area contributed by atoms with Gasteiger partial charge in [-0.2, -0.15) is 5.26 Å². The van der Waals surface area contributed by atoms with Gasteiger partial charge in [0.2, 0.25) is 0 Å². The standard InChI is InChI=1S/C16H15BrN2O/c1-10-3-5-14(16(20)7-10)11(2)19-15-6-4-13(17)8-12(15)9-18/h3-8,11,19-20H,1-2H3. The minimum absolute atomic E-state index is 0.0936. The van der Waals surface area contributed by atoms with Crippen LogP contribution in [0.15, 0.2) is 40.9 Å². The number of nitrogens with zero attached hydrogens (tertiary/aromatic N) is 1. The Bertz CT molecular complexity index is 677. The number of rotatable bonds is 3. The molecule has 0 fully saturated rings. The van der Waals surface area contributed by atoms with E-state index in [1.807, 2.05) is 38.1 Å². The molecular weight excluding hydrogens is 316 g/mol. The summed E-state index contributed by atoms with van der Waals surface area (Å²) in [6.45, 7) is 3.89. The van der Waals surface area contributed by atoms with Gasteiger partial charge in [0.15, 0.2) is 0 Å². The number of halogens is 1. The molecule has 0 spiro atoms. The van der Waals surface area contributed by atoms with Gasteiger partial charge in [0.25, 0.3) is 0 Å². The zero-order valence-corrected chi connectivity index (χ0v) is 12.9. The van der Waals surface area contributed by atoms with Crippen LogP contribution >= 0.6 is 15.9 Å². The molecule has 0 heterocycles. The Kier molecular flexibility index (Phi) is 4.31. The van der Waals surface area contributed by atoms with Crippen LogP contribution in [0.25, 0.3) is 0 Å². The highest BCUT2D eigenvalue weighted by Gasteiger charge is 2.12. The smallest absolute Gasteiger partial charge is 0.121 e. The normalized spacial score (nSPS) is 11.7. The van der Waals surface area contributed by atoms with Crippen LogP contribution in [0.5, 0.6) is 5.75 Å². The highest BCUT2D eigenvalue weighted by atomic mass is 79.9. The molecule has 2 aromatic carbocycles. The molecule has 2 rings (SSSR count). The molecule has 2 aromatic rings. The summed E-state index contributed by atoms with van der Waals surface area (Å²) in [6.07, 6.45) is 0. The van der Waals surface area contributed by atoms with Crippen molar-refractivity contribution >= 4 is 21.6 Å². The van der Waals surface area contributed by atoms with Crippen molar-refractivity contribution in [1.82, 2.24) is 0 Å². The second-order valence-electron chi connectivity index (χ2n) is 4.73. The lowest BCUT2D eigenvalue weighted by atomic mass is 10.0. The van der Waals surface area contributed by atoms with Gasteiger partial charge in [0.1, 0.15) is 11.8 Å². The molecule has 2 N–H and O–H groups in total. The van der Waals surface area contributed by atoms with E-state index in [2.05, 4.69) is 27.3 Å². The maximum Gasteiger partial charge on any atom is 0.121 e. The number of nitrogens with one attached hydrogen (secondary N) is 1. The summed E-state index contributed by atoms with van der Waals surface area (Å²) in [7, 11) is 0. The predicted octanol–water partition coefficient (Wildman–Crippen LogP) is 4.51. The minimum atomic E-state index is -0.0936. The Balaban J connectivity index is 2.28. The first-order valence-electron chi connectivity index (χ1n) is 6.27. The monoisotopic (exact) mass is 330 g/mol. The number of phenols is 1. The molecule has 0 radical (unpaired) electrons. The Hall–Kier alpha value is -1.99. The highest BCUT2D eigenvalue weighted by Crippen LogP contribution is 2.29. The van der Waals surface area contributed by atoms with Crippen molar-refractivity contribution in [2.24, 2.45) is 0 Å². The summed E-state index contributed by atoms with van der Waals surface area (Å²) in [6, 6.07) is 13.2. The maximum atomic E-state index is 10.00. The largest absolute Gasteiger partial charge is 0.508 e. The Morgan fingerprint density at radius 1 is 1.25 bits per heavy atom. The van der Waals surface area contributed by atoms with Crippen molar-refractivity contribution in [3.05, 3.63) is 57.6 Å². The average molecular weight is 331 g/mol. The van der Waals surface area contributed by atoms with Crippen LogP contribution in [-0.4, -0.2) is 5.11 Å². The molecule has 0 saturated carbocycles. The first-order valence-corrected chi connectivity index (χ1v) is 7.06. The van der Waals surface area contributed by atoms with Crippen molar-refractivity contribution < 1.29 is 5.11 Å². The number of aromatic hydroxyl groups is 1. The molecule has 20 heavy (non-hydrogen) atoms. The third-order valence-corrected chi connectivity index (χ3v) is 3.62. The summed E-state index contributed by atoms with van der Waals surface area (Å²) >= 11 is 3.35.